The molecule has 0 aliphatic rings. The van der Waals surface area contributed by atoms with Gasteiger partial charge < -0.3 is 42.6 Å². The Balaban J connectivity index is 6.16. The molecule has 0 aromatic rings. The van der Waals surface area contributed by atoms with E-state index in [1.54, 1.807) is 0 Å². The van der Waals surface area contributed by atoms with E-state index in [-0.39, 0.29) is 45.5 Å². The largest absolute Gasteiger partial charge is 0.462 e. The molecule has 2 unspecified atom stereocenters. The van der Waals surface area contributed by atoms with Crippen LogP contribution in [-0.4, -0.2) is 99.2 Å². The molecule has 0 aliphatic heterocycles. The Kier molecular flexibility index (Phi) is 69.9. The van der Waals surface area contributed by atoms with Crippen molar-refractivity contribution in [3.63, 3.8) is 0 Å². The van der Waals surface area contributed by atoms with Crippen LogP contribution < -0.4 is 0 Å². The smallest absolute Gasteiger partial charge is 0.356 e. The fourth-order valence-electron chi connectivity index (χ4n) is 12.3. The highest BCUT2D eigenvalue weighted by molar-refractivity contribution is 7.52. The second kappa shape index (κ2) is 72.0. The van der Waals surface area contributed by atoms with Crippen molar-refractivity contribution in [2.24, 2.45) is 0 Å². The number of carbonyl (C=O) groups is 4. The molecule has 0 bridgehead atoms. The molecule has 0 rings (SSSR count). The van der Waals surface area contributed by atoms with Crippen LogP contribution in [0.3, 0.4) is 0 Å². The molecular formula is C87H163O14PSi. The molecule has 14 nitrogen and oxygen atoms in total. The SMILES string of the molecule is CCCCCCCC/C=C\CCCCCCCC(=O)OC[C@H](COC(C(COC[C@@H](COC(=O)CCCCCCC/C=C\CCCCCCCC)OC(=O)CCCCCCC/C=C\CCCCCCCC)O[Si](C)(C)C(C)(C)C)P(=O)(O)O)OC(=O)CCCCCCC/C=C\CCCCCCCC. The molecule has 103 heavy (non-hydrogen) atoms. The number of ether oxygens (including phenoxy) is 6. The minimum atomic E-state index is -5.19. The van der Waals surface area contributed by atoms with Gasteiger partial charge in [-0.15, -0.1) is 0 Å². The summed E-state index contributed by atoms with van der Waals surface area (Å²) in [5.41, 5.74) is 0. The van der Waals surface area contributed by atoms with Crippen molar-refractivity contribution in [3.8, 4) is 0 Å². The topological polar surface area (TPSA) is 190 Å². The van der Waals surface area contributed by atoms with Gasteiger partial charge in [-0.3, -0.25) is 23.7 Å². The second-order valence-corrected chi connectivity index (χ2v) is 37.6. The summed E-state index contributed by atoms with van der Waals surface area (Å²) in [5, 5.41) is -0.411. The van der Waals surface area contributed by atoms with Crippen LogP contribution in [0.5, 0.6) is 0 Å². The lowest BCUT2D eigenvalue weighted by atomic mass is 10.1. The van der Waals surface area contributed by atoms with E-state index >= 15 is 0 Å². The molecule has 0 aliphatic carbocycles. The van der Waals surface area contributed by atoms with Crippen LogP contribution in [0.1, 0.15) is 408 Å². The third-order valence-electron chi connectivity index (χ3n) is 20.0. The molecule has 0 saturated carbocycles. The van der Waals surface area contributed by atoms with Gasteiger partial charge in [0.05, 0.1) is 19.8 Å². The number of unbranched alkanes of at least 4 members (excludes halogenated alkanes) is 44. The number of hydrogen-bond acceptors (Lipinski definition) is 12. The van der Waals surface area contributed by atoms with E-state index in [1.807, 2.05) is 33.9 Å². The standard InChI is InChI=1S/C87H163O14PSi/c1-10-14-18-22-26-30-34-38-42-46-50-54-58-62-66-70-82(88)96-75-79(99-84(90)72-68-64-60-56-52-48-44-40-36-32-28-24-20-16-12-3)74-95-78-81(101-103(8,9)87(5,6)7)86(102(92,93)94)98-77-80(100-85(91)73-69-65-61-57-53-49-45-41-37-33-29-25-21-17-13-4)76-97-83(89)71-67-63-59-55-51-47-43-39-35-31-27-23-19-15-11-2/h38-45,79-81,86H,10-37,46-78H2,1-9H3,(H2,92,93,94)/b42-38-,43-39-,44-40-,45-41-/t79-,80+,81?,86?/m0/s1. The molecule has 0 fully saturated rings. The first-order valence-corrected chi connectivity index (χ1v) is 47.6. The molecule has 4 atom stereocenters. The summed E-state index contributed by atoms with van der Waals surface area (Å²) in [6, 6.07) is 0. The third-order valence-corrected chi connectivity index (χ3v) is 25.6. The molecule has 16 heteroatoms. The van der Waals surface area contributed by atoms with Gasteiger partial charge in [0.25, 0.3) is 0 Å². The van der Waals surface area contributed by atoms with Crippen LogP contribution >= 0.6 is 7.60 Å². The Labute approximate surface area is 634 Å². The van der Waals surface area contributed by atoms with E-state index in [2.05, 4.69) is 76.3 Å². The van der Waals surface area contributed by atoms with E-state index in [9.17, 15) is 33.5 Å². The van der Waals surface area contributed by atoms with Gasteiger partial charge >= 0.3 is 31.5 Å². The molecule has 0 spiro atoms. The third kappa shape index (κ3) is 67.0. The van der Waals surface area contributed by atoms with Crippen LogP contribution in [0.2, 0.25) is 18.1 Å². The maximum Gasteiger partial charge on any atom is 0.356 e. The van der Waals surface area contributed by atoms with Crippen LogP contribution in [0.25, 0.3) is 0 Å². The van der Waals surface area contributed by atoms with Crippen molar-refractivity contribution in [2.45, 2.75) is 450 Å². The minimum absolute atomic E-state index is 0.126. The van der Waals surface area contributed by atoms with Crippen molar-refractivity contribution in [1.29, 1.82) is 0 Å². The van der Waals surface area contributed by atoms with Crippen LogP contribution in [0, 0.1) is 0 Å². The minimum Gasteiger partial charge on any atom is -0.462 e. The number of hydrogen-bond donors (Lipinski definition) is 2. The lowest BCUT2D eigenvalue weighted by Gasteiger charge is -2.41. The quantitative estimate of drug-likeness (QED) is 0.0146. The summed E-state index contributed by atoms with van der Waals surface area (Å²) < 4.78 is 56.4. The van der Waals surface area contributed by atoms with E-state index in [0.29, 0.717) is 25.7 Å². The Bertz CT molecular complexity index is 2120. The van der Waals surface area contributed by atoms with Gasteiger partial charge in [0.1, 0.15) is 19.3 Å². The average Bonchev–Trinajstić information content (AvgIpc) is 0.808. The van der Waals surface area contributed by atoms with Gasteiger partial charge in [0.15, 0.2) is 26.4 Å². The number of allylic oxidation sites excluding steroid dienone is 8. The maximum absolute atomic E-state index is 13.8. The summed E-state index contributed by atoms with van der Waals surface area (Å²) in [6.45, 7) is 17.2. The van der Waals surface area contributed by atoms with Crippen LogP contribution in [0.15, 0.2) is 48.6 Å². The first kappa shape index (κ1) is 100. The predicted octanol–water partition coefficient (Wildman–Crippen LogP) is 26.0. The Morgan fingerprint density at radius 3 is 0.845 bits per heavy atom. The van der Waals surface area contributed by atoms with E-state index in [1.165, 1.54) is 154 Å². The second-order valence-electron chi connectivity index (χ2n) is 31.2. The molecule has 0 aromatic carbocycles. The molecule has 0 aromatic heterocycles. The van der Waals surface area contributed by atoms with Crippen molar-refractivity contribution in [3.05, 3.63) is 48.6 Å². The fraction of sp³-hybridized carbons (Fsp3) is 0.862. The van der Waals surface area contributed by atoms with Gasteiger partial charge in [0, 0.05) is 25.7 Å². The van der Waals surface area contributed by atoms with E-state index in [4.69, 9.17) is 32.8 Å². The lowest BCUT2D eigenvalue weighted by Crippen LogP contribution is -2.50. The maximum atomic E-state index is 13.8. The zero-order chi connectivity index (χ0) is 75.9. The normalized spacial score (nSPS) is 13.6. The zero-order valence-electron chi connectivity index (χ0n) is 68.3. The highest BCUT2D eigenvalue weighted by Gasteiger charge is 2.46. The summed E-state index contributed by atoms with van der Waals surface area (Å²) in [4.78, 5) is 75.9. The fourth-order valence-corrected chi connectivity index (χ4v) is 14.5. The highest BCUT2D eigenvalue weighted by atomic mass is 31.2. The number of esters is 4. The molecule has 0 saturated heterocycles. The first-order chi connectivity index (χ1) is 49.8. The summed E-state index contributed by atoms with van der Waals surface area (Å²) in [5.74, 6) is -3.72. The van der Waals surface area contributed by atoms with Crippen molar-refractivity contribution >= 4 is 39.8 Å². The predicted molar refractivity (Wildman–Crippen MR) is 434 cm³/mol. The van der Waals surface area contributed by atoms with Crippen LogP contribution in [0.4, 0.5) is 0 Å². The molecule has 2 N–H and O–H groups in total. The zero-order valence-corrected chi connectivity index (χ0v) is 70.2. The van der Waals surface area contributed by atoms with Crippen molar-refractivity contribution < 1.29 is 66.4 Å². The van der Waals surface area contributed by atoms with Gasteiger partial charge in [0.2, 0.25) is 0 Å². The van der Waals surface area contributed by atoms with Crippen molar-refractivity contribution in [2.75, 3.05) is 33.0 Å². The molecule has 0 amide bonds. The first-order valence-electron chi connectivity index (χ1n) is 43.0. The van der Waals surface area contributed by atoms with Gasteiger partial charge in [-0.05, 0) is 147 Å². The Morgan fingerprint density at radius 1 is 0.340 bits per heavy atom. The highest BCUT2D eigenvalue weighted by Crippen LogP contribution is 2.47. The van der Waals surface area contributed by atoms with E-state index < -0.39 is 82.2 Å². The summed E-state index contributed by atoms with van der Waals surface area (Å²) in [6.07, 6.45) is 74.5. The Hall–Kier alpha value is -2.91. The van der Waals surface area contributed by atoms with Gasteiger partial charge in [-0.2, -0.15) is 0 Å². The summed E-state index contributed by atoms with van der Waals surface area (Å²) >= 11 is 0. The Morgan fingerprint density at radius 2 is 0.583 bits per heavy atom. The lowest BCUT2D eigenvalue weighted by molar-refractivity contribution is -0.166. The van der Waals surface area contributed by atoms with Crippen molar-refractivity contribution in [1.82, 2.24) is 0 Å². The van der Waals surface area contributed by atoms with Gasteiger partial charge in [-0.1, -0.05) is 303 Å². The number of carbonyl (C=O) groups excluding carboxylic acids is 4. The molecule has 0 heterocycles. The molecular weight excluding hydrogens is 1330 g/mol. The van der Waals surface area contributed by atoms with E-state index in [0.717, 1.165) is 154 Å². The van der Waals surface area contributed by atoms with Crippen LogP contribution in [-0.2, 0) is 56.6 Å². The summed E-state index contributed by atoms with van der Waals surface area (Å²) in [7, 11) is -8.03. The molecule has 0 radical (unpaired) electrons. The monoisotopic (exact) mass is 1490 g/mol. The average molecular weight is 1490 g/mol. The van der Waals surface area contributed by atoms with Gasteiger partial charge in [-0.25, -0.2) is 0 Å². The number of rotatable bonds is 77. The molecule has 604 valence electrons.